The second-order valence-electron chi connectivity index (χ2n) is 4.54. The molecule has 0 saturated heterocycles. The van der Waals surface area contributed by atoms with Gasteiger partial charge in [-0.15, -0.1) is 0 Å². The molecule has 4 heteroatoms. The van der Waals surface area contributed by atoms with Crippen molar-refractivity contribution < 1.29 is 4.79 Å². The predicted octanol–water partition coefficient (Wildman–Crippen LogP) is 2.54. The number of rotatable bonds is 2. The second kappa shape index (κ2) is 6.06. The summed E-state index contributed by atoms with van der Waals surface area (Å²) in [5, 5.41) is 3.17. The third kappa shape index (κ3) is 3.59. The summed E-state index contributed by atoms with van der Waals surface area (Å²) >= 11 is 5.13. The van der Waals surface area contributed by atoms with Crippen molar-refractivity contribution in [1.82, 2.24) is 5.32 Å². The topological polar surface area (TPSA) is 29.1 Å². The summed E-state index contributed by atoms with van der Waals surface area (Å²) < 4.78 is 1.67. The molecule has 17 heavy (non-hydrogen) atoms. The van der Waals surface area contributed by atoms with Gasteiger partial charge in [-0.3, -0.25) is 0 Å². The van der Waals surface area contributed by atoms with Gasteiger partial charge in [-0.25, -0.2) is 0 Å². The summed E-state index contributed by atoms with van der Waals surface area (Å²) in [5.74, 6) is 0.0621. The minimum absolute atomic E-state index is 0.0621. The molecule has 0 spiro atoms. The number of carbonyl (C=O) groups is 1. The Morgan fingerprint density at radius 3 is 2.53 bits per heavy atom. The third-order valence-corrected chi connectivity index (χ3v) is 5.45. The van der Waals surface area contributed by atoms with Crippen LogP contribution >= 0.6 is 15.9 Å². The first kappa shape index (κ1) is 13.2. The Bertz CT molecular complexity index is 393. The molecule has 3 atom stereocenters. The molecule has 1 aliphatic carbocycles. The molecule has 0 bridgehead atoms. The minimum atomic E-state index is 0.0621. The molecule has 1 aliphatic rings. The average Bonchev–Trinajstić information content (AvgIpc) is 2.33. The zero-order chi connectivity index (χ0) is 12.3. The Labute approximate surface area is 119 Å². The van der Waals surface area contributed by atoms with Gasteiger partial charge in [-0.1, -0.05) is 0 Å². The molecular formula is C13H17AsBrNO. The average molecular weight is 358 g/mol. The normalized spacial score (nSPS) is 24.4. The van der Waals surface area contributed by atoms with Crippen LogP contribution in [0.5, 0.6) is 0 Å². The van der Waals surface area contributed by atoms with Gasteiger partial charge in [0.05, 0.1) is 0 Å². The van der Waals surface area contributed by atoms with E-state index in [1.165, 1.54) is 19.3 Å². The number of halogens is 1. The maximum absolute atomic E-state index is 12.1. The van der Waals surface area contributed by atoms with Crippen LogP contribution in [0.15, 0.2) is 28.7 Å². The van der Waals surface area contributed by atoms with Gasteiger partial charge in [0.1, 0.15) is 0 Å². The summed E-state index contributed by atoms with van der Waals surface area (Å²) in [4.78, 5) is 12.1. The molecule has 0 radical (unpaired) electrons. The molecule has 2 nitrogen and oxygen atoms in total. The molecule has 1 amide bonds. The molecule has 2 rings (SSSR count). The molecule has 1 fully saturated rings. The van der Waals surface area contributed by atoms with E-state index in [2.05, 4.69) is 21.2 Å². The molecule has 0 heterocycles. The maximum atomic E-state index is 12.1. The number of nitrogens with one attached hydrogen (secondary N) is 1. The van der Waals surface area contributed by atoms with Crippen molar-refractivity contribution in [1.29, 1.82) is 0 Å². The molecule has 0 aromatic heterocycles. The standard InChI is InChI=1S/C13H17AsBrNO/c14-11-3-1-2-4-12(11)16-13(17)9-5-7-10(15)8-6-9/h5-8,11-12H,1-4,14H2,(H,16,17). The van der Waals surface area contributed by atoms with Crippen LogP contribution < -0.4 is 5.32 Å². The Morgan fingerprint density at radius 1 is 1.24 bits per heavy atom. The van der Waals surface area contributed by atoms with Gasteiger partial charge in [0.15, 0.2) is 0 Å². The fraction of sp³-hybridized carbons (Fsp3) is 0.462. The van der Waals surface area contributed by atoms with E-state index < -0.39 is 0 Å². The van der Waals surface area contributed by atoms with E-state index >= 15 is 0 Å². The molecular weight excluding hydrogens is 341 g/mol. The summed E-state index contributed by atoms with van der Waals surface area (Å²) in [6.45, 7) is 0. The van der Waals surface area contributed by atoms with Crippen LogP contribution in [-0.4, -0.2) is 28.8 Å². The predicted molar refractivity (Wildman–Crippen MR) is 76.2 cm³/mol. The zero-order valence-corrected chi connectivity index (χ0v) is 13.7. The molecule has 0 aliphatic heterocycles. The van der Waals surface area contributed by atoms with Gasteiger partial charge in [0.25, 0.3) is 0 Å². The van der Waals surface area contributed by atoms with Crippen molar-refractivity contribution in [3.05, 3.63) is 34.3 Å². The van der Waals surface area contributed by atoms with Gasteiger partial charge < -0.3 is 0 Å². The van der Waals surface area contributed by atoms with E-state index in [1.54, 1.807) is 16.9 Å². The van der Waals surface area contributed by atoms with Crippen LogP contribution in [0.25, 0.3) is 0 Å². The van der Waals surface area contributed by atoms with Gasteiger partial charge in [-0.05, 0) is 0 Å². The van der Waals surface area contributed by atoms with Gasteiger partial charge in [0.2, 0.25) is 0 Å². The van der Waals surface area contributed by atoms with Crippen LogP contribution in [0.1, 0.15) is 36.0 Å². The Kier molecular flexibility index (Phi) is 4.69. The molecule has 1 aromatic carbocycles. The van der Waals surface area contributed by atoms with Gasteiger partial charge in [0, 0.05) is 0 Å². The van der Waals surface area contributed by atoms with E-state index in [1.807, 2.05) is 24.3 Å². The van der Waals surface area contributed by atoms with Crippen molar-refractivity contribution in [2.75, 3.05) is 0 Å². The Morgan fingerprint density at radius 2 is 1.88 bits per heavy atom. The fourth-order valence-electron chi connectivity index (χ4n) is 2.19. The SMILES string of the molecule is O=C(NC1CCCCC1[AsH2])c1ccc(Br)cc1. The molecule has 92 valence electrons. The van der Waals surface area contributed by atoms with E-state index in [4.69, 9.17) is 0 Å². The summed E-state index contributed by atoms with van der Waals surface area (Å²) in [6, 6.07) is 7.91. The number of hydrogen-bond acceptors (Lipinski definition) is 1. The van der Waals surface area contributed by atoms with Crippen molar-refractivity contribution in [2.24, 2.45) is 0 Å². The van der Waals surface area contributed by atoms with E-state index in [-0.39, 0.29) is 5.91 Å². The van der Waals surface area contributed by atoms with Crippen LogP contribution in [0.4, 0.5) is 0 Å². The molecule has 3 unspecified atom stereocenters. The van der Waals surface area contributed by atoms with Crippen molar-refractivity contribution in [2.45, 2.75) is 36.4 Å². The Balaban J connectivity index is 1.98. The van der Waals surface area contributed by atoms with Crippen molar-refractivity contribution in [3.8, 4) is 0 Å². The number of amides is 1. The van der Waals surface area contributed by atoms with Gasteiger partial charge in [-0.2, -0.15) is 0 Å². The number of carbonyl (C=O) groups excluding carboxylic acids is 1. The zero-order valence-electron chi connectivity index (χ0n) is 9.66. The second-order valence-corrected chi connectivity index (χ2v) is 7.25. The molecule has 1 aromatic rings. The van der Waals surface area contributed by atoms with Crippen molar-refractivity contribution in [3.63, 3.8) is 0 Å². The molecule has 1 N–H and O–H groups in total. The van der Waals surface area contributed by atoms with E-state index in [9.17, 15) is 4.79 Å². The summed E-state index contributed by atoms with van der Waals surface area (Å²) in [5.41, 5.74) is 0.749. The van der Waals surface area contributed by atoms with E-state index in [0.717, 1.165) is 16.5 Å². The first-order chi connectivity index (χ1) is 8.16. The molecule has 1 saturated carbocycles. The van der Waals surface area contributed by atoms with Crippen LogP contribution in [0.3, 0.4) is 0 Å². The monoisotopic (exact) mass is 357 g/mol. The number of hydrogen-bond donors (Lipinski definition) is 1. The quantitative estimate of drug-likeness (QED) is 0.809. The van der Waals surface area contributed by atoms with E-state index in [0.29, 0.717) is 10.7 Å². The summed E-state index contributed by atoms with van der Waals surface area (Å²) in [6.07, 6.45) is 4.94. The third-order valence-electron chi connectivity index (χ3n) is 3.24. The number of benzene rings is 1. The first-order valence-corrected chi connectivity index (χ1v) is 8.18. The van der Waals surface area contributed by atoms with Crippen LogP contribution in [0.2, 0.25) is 4.71 Å². The Hall–Kier alpha value is -0.272. The fourth-order valence-corrected chi connectivity index (χ4v) is 3.56. The van der Waals surface area contributed by atoms with Gasteiger partial charge >= 0.3 is 120 Å². The van der Waals surface area contributed by atoms with Crippen molar-refractivity contribution >= 4 is 38.7 Å². The summed E-state index contributed by atoms with van der Waals surface area (Å²) in [7, 11) is 0. The first-order valence-electron chi connectivity index (χ1n) is 5.99. The van der Waals surface area contributed by atoms with Crippen LogP contribution in [-0.2, 0) is 0 Å². The van der Waals surface area contributed by atoms with Crippen LogP contribution in [0, 0.1) is 0 Å².